The smallest absolute Gasteiger partial charge is 0.227 e. The SMILES string of the molecule is O=C(Nc1cccc(CSc2ncnc3[nH]ncc23)c1)C1CC23C=CC2CCC13. The van der Waals surface area contributed by atoms with Crippen molar-refractivity contribution in [2.45, 2.75) is 30.0 Å². The van der Waals surface area contributed by atoms with E-state index in [1.54, 1.807) is 24.3 Å². The fraction of sp³-hybridized carbons (Fsp3) is 0.364. The minimum Gasteiger partial charge on any atom is -0.326 e. The number of allylic oxidation sites excluding steroid dienone is 2. The molecule has 1 aromatic carbocycles. The molecular formula is C22H21N5OS. The number of rotatable bonds is 5. The van der Waals surface area contributed by atoms with E-state index >= 15 is 0 Å². The number of thioether (sulfide) groups is 1. The van der Waals surface area contributed by atoms with Crippen molar-refractivity contribution in [2.24, 2.45) is 23.2 Å². The molecule has 2 saturated carbocycles. The highest BCUT2D eigenvalue weighted by atomic mass is 32.2. The Kier molecular flexibility index (Phi) is 3.81. The van der Waals surface area contributed by atoms with Crippen LogP contribution in [0.4, 0.5) is 5.69 Å². The van der Waals surface area contributed by atoms with E-state index < -0.39 is 0 Å². The number of nitrogens with zero attached hydrogens (tertiary/aromatic N) is 3. The molecular weight excluding hydrogens is 382 g/mol. The van der Waals surface area contributed by atoms with Crippen LogP contribution in [-0.2, 0) is 10.5 Å². The molecule has 2 fully saturated rings. The highest BCUT2D eigenvalue weighted by molar-refractivity contribution is 7.98. The number of aromatic nitrogens is 4. The van der Waals surface area contributed by atoms with Gasteiger partial charge in [0, 0.05) is 17.4 Å². The Balaban J connectivity index is 1.12. The number of carbonyl (C=O) groups is 1. The van der Waals surface area contributed by atoms with Crippen molar-refractivity contribution in [1.82, 2.24) is 20.2 Å². The van der Waals surface area contributed by atoms with Gasteiger partial charge in [-0.1, -0.05) is 24.3 Å². The summed E-state index contributed by atoms with van der Waals surface area (Å²) in [4.78, 5) is 21.4. The van der Waals surface area contributed by atoms with E-state index in [-0.39, 0.29) is 11.8 Å². The first kappa shape index (κ1) is 17.2. The second kappa shape index (κ2) is 6.42. The van der Waals surface area contributed by atoms with Gasteiger partial charge < -0.3 is 5.32 Å². The van der Waals surface area contributed by atoms with E-state index in [4.69, 9.17) is 0 Å². The zero-order valence-corrected chi connectivity index (χ0v) is 16.7. The van der Waals surface area contributed by atoms with E-state index in [1.807, 2.05) is 12.1 Å². The summed E-state index contributed by atoms with van der Waals surface area (Å²) in [6.45, 7) is 0. The molecule has 6 rings (SSSR count). The van der Waals surface area contributed by atoms with Gasteiger partial charge in [0.15, 0.2) is 5.65 Å². The first-order valence-electron chi connectivity index (χ1n) is 10.1. The molecule has 0 saturated heterocycles. The highest BCUT2D eigenvalue weighted by Gasteiger charge is 2.63. The summed E-state index contributed by atoms with van der Waals surface area (Å²) < 4.78 is 0. The quantitative estimate of drug-likeness (QED) is 0.379. The maximum atomic E-state index is 12.9. The van der Waals surface area contributed by atoms with Crippen LogP contribution < -0.4 is 5.32 Å². The molecule has 4 atom stereocenters. The van der Waals surface area contributed by atoms with Crippen molar-refractivity contribution in [3.8, 4) is 0 Å². The lowest BCUT2D eigenvalue weighted by atomic mass is 9.48. The van der Waals surface area contributed by atoms with Crippen molar-refractivity contribution >= 4 is 34.4 Å². The van der Waals surface area contributed by atoms with E-state index in [2.05, 4.69) is 49.8 Å². The number of hydrogen-bond acceptors (Lipinski definition) is 5. The predicted molar refractivity (Wildman–Crippen MR) is 112 cm³/mol. The lowest BCUT2D eigenvalue weighted by Gasteiger charge is -2.55. The highest BCUT2D eigenvalue weighted by Crippen LogP contribution is 2.68. The van der Waals surface area contributed by atoms with Crippen molar-refractivity contribution in [1.29, 1.82) is 0 Å². The molecule has 1 amide bonds. The molecule has 2 N–H and O–H groups in total. The second-order valence-electron chi connectivity index (χ2n) is 8.36. The van der Waals surface area contributed by atoms with Crippen LogP contribution in [0.1, 0.15) is 24.8 Å². The summed E-state index contributed by atoms with van der Waals surface area (Å²) in [5.74, 6) is 2.40. The molecule has 3 aliphatic carbocycles. The van der Waals surface area contributed by atoms with Crippen molar-refractivity contribution in [3.63, 3.8) is 0 Å². The van der Waals surface area contributed by atoms with Gasteiger partial charge >= 0.3 is 0 Å². The molecule has 7 heteroatoms. The van der Waals surface area contributed by atoms with Gasteiger partial charge in [-0.2, -0.15) is 5.10 Å². The number of anilines is 1. The molecule has 2 aromatic heterocycles. The maximum Gasteiger partial charge on any atom is 0.227 e. The van der Waals surface area contributed by atoms with E-state index in [1.165, 1.54) is 12.8 Å². The van der Waals surface area contributed by atoms with Gasteiger partial charge in [0.25, 0.3) is 0 Å². The fourth-order valence-electron chi connectivity index (χ4n) is 5.44. The summed E-state index contributed by atoms with van der Waals surface area (Å²) in [7, 11) is 0. The van der Waals surface area contributed by atoms with Gasteiger partial charge in [0.1, 0.15) is 11.4 Å². The molecule has 146 valence electrons. The number of fused-ring (bicyclic) bond motifs is 1. The van der Waals surface area contributed by atoms with Crippen LogP contribution in [0.15, 0.2) is 54.0 Å². The molecule has 0 aliphatic heterocycles. The number of carbonyl (C=O) groups excluding carboxylic acids is 1. The van der Waals surface area contributed by atoms with Gasteiger partial charge in [0.2, 0.25) is 5.91 Å². The summed E-state index contributed by atoms with van der Waals surface area (Å²) in [6.07, 6.45) is 11.5. The van der Waals surface area contributed by atoms with Crippen LogP contribution in [0.2, 0.25) is 0 Å². The number of nitrogens with one attached hydrogen (secondary N) is 2. The van der Waals surface area contributed by atoms with Crippen LogP contribution in [0.5, 0.6) is 0 Å². The molecule has 4 unspecified atom stereocenters. The maximum absolute atomic E-state index is 12.9. The van der Waals surface area contributed by atoms with Gasteiger partial charge in [-0.15, -0.1) is 11.8 Å². The van der Waals surface area contributed by atoms with Crippen LogP contribution in [0.25, 0.3) is 11.0 Å². The molecule has 1 spiro atoms. The summed E-state index contributed by atoms with van der Waals surface area (Å²) in [5.41, 5.74) is 3.15. The third kappa shape index (κ3) is 2.64. The first-order chi connectivity index (χ1) is 14.2. The fourth-order valence-corrected chi connectivity index (χ4v) is 6.35. The van der Waals surface area contributed by atoms with Crippen LogP contribution in [-0.4, -0.2) is 26.1 Å². The van der Waals surface area contributed by atoms with Gasteiger partial charge in [0.05, 0.1) is 11.6 Å². The Labute approximate surface area is 172 Å². The van der Waals surface area contributed by atoms with Crippen molar-refractivity contribution < 1.29 is 4.79 Å². The average molecular weight is 404 g/mol. The van der Waals surface area contributed by atoms with Crippen LogP contribution >= 0.6 is 11.8 Å². The number of aromatic amines is 1. The van der Waals surface area contributed by atoms with Crippen molar-refractivity contribution in [2.75, 3.05) is 5.32 Å². The lowest BCUT2D eigenvalue weighted by Crippen LogP contribution is -2.53. The summed E-state index contributed by atoms with van der Waals surface area (Å²) in [5, 5.41) is 11.9. The number of amides is 1. The minimum absolute atomic E-state index is 0.165. The summed E-state index contributed by atoms with van der Waals surface area (Å²) >= 11 is 1.65. The van der Waals surface area contributed by atoms with E-state index in [0.29, 0.717) is 11.3 Å². The van der Waals surface area contributed by atoms with Gasteiger partial charge in [-0.05, 0) is 54.2 Å². The number of hydrogen-bond donors (Lipinski definition) is 2. The largest absolute Gasteiger partial charge is 0.326 e. The average Bonchev–Trinajstić information content (AvgIpc) is 3.23. The van der Waals surface area contributed by atoms with Crippen molar-refractivity contribution in [3.05, 3.63) is 54.5 Å². The first-order valence-corrected chi connectivity index (χ1v) is 11.1. The predicted octanol–water partition coefficient (Wildman–Crippen LogP) is 4.19. The lowest BCUT2D eigenvalue weighted by molar-refractivity contribution is -0.132. The standard InChI is InChI=1S/C22H21N5OS/c28-20(16-9-22-7-6-14(22)4-5-18(16)22)26-15-3-1-2-13(8-15)11-29-21-17-10-25-27-19(17)23-12-24-21/h1-3,6-8,10,12,14,16,18H,4-5,9,11H2,(H,26,28)(H,23,24,25,27). The topological polar surface area (TPSA) is 83.6 Å². The molecule has 3 aliphatic rings. The summed E-state index contributed by atoms with van der Waals surface area (Å²) in [6, 6.07) is 8.12. The van der Waals surface area contributed by atoms with E-state index in [0.717, 1.165) is 45.4 Å². The van der Waals surface area contributed by atoms with E-state index in [9.17, 15) is 4.79 Å². The normalized spacial score (nSPS) is 29.0. The van der Waals surface area contributed by atoms with Gasteiger partial charge in [-0.3, -0.25) is 9.89 Å². The third-order valence-electron chi connectivity index (χ3n) is 6.99. The van der Waals surface area contributed by atoms with Crippen LogP contribution in [0.3, 0.4) is 0 Å². The number of benzene rings is 1. The molecule has 0 radical (unpaired) electrons. The minimum atomic E-state index is 0.165. The monoisotopic (exact) mass is 403 g/mol. The molecule has 0 bridgehead atoms. The Morgan fingerprint density at radius 2 is 2.28 bits per heavy atom. The molecule has 6 nitrogen and oxygen atoms in total. The Hall–Kier alpha value is -2.67. The Bertz CT molecular complexity index is 1140. The zero-order valence-electron chi connectivity index (χ0n) is 15.8. The molecule has 3 aromatic rings. The second-order valence-corrected chi connectivity index (χ2v) is 9.33. The molecule has 29 heavy (non-hydrogen) atoms. The van der Waals surface area contributed by atoms with Gasteiger partial charge in [-0.25, -0.2) is 9.97 Å². The zero-order chi connectivity index (χ0) is 19.4. The Morgan fingerprint density at radius 3 is 3.17 bits per heavy atom. The Morgan fingerprint density at radius 1 is 1.31 bits per heavy atom. The third-order valence-corrected chi connectivity index (χ3v) is 8.06. The molecule has 2 heterocycles. The number of H-pyrrole nitrogens is 1. The van der Waals surface area contributed by atoms with Crippen LogP contribution in [0, 0.1) is 23.2 Å².